The monoisotopic (exact) mass is 308 g/mol. The van der Waals surface area contributed by atoms with Crippen LogP contribution in [0.25, 0.3) is 0 Å². The summed E-state index contributed by atoms with van der Waals surface area (Å²) >= 11 is 1.41. The highest BCUT2D eigenvalue weighted by atomic mass is 32.2. The molecule has 1 aromatic carbocycles. The highest BCUT2D eigenvalue weighted by Gasteiger charge is 2.30. The molecule has 0 aliphatic heterocycles. The maximum Gasteiger partial charge on any atom is 0.316 e. The molecule has 5 heteroatoms. The molecule has 1 fully saturated rings. The normalized spacial score (nSPS) is 14.0. The summed E-state index contributed by atoms with van der Waals surface area (Å²) < 4.78 is 10.1. The van der Waals surface area contributed by atoms with Gasteiger partial charge in [-0.1, -0.05) is 12.1 Å². The Morgan fingerprint density at radius 2 is 1.90 bits per heavy atom. The van der Waals surface area contributed by atoms with E-state index < -0.39 is 0 Å². The highest BCUT2D eigenvalue weighted by Crippen LogP contribution is 2.33. The molecule has 0 bridgehead atoms. The fraction of sp³-hybridized carbons (Fsp3) is 0.500. The minimum atomic E-state index is -0.252. The number of carbonyl (C=O) groups is 2. The molecule has 1 aromatic rings. The van der Waals surface area contributed by atoms with Crippen molar-refractivity contribution in [2.45, 2.75) is 24.7 Å². The van der Waals surface area contributed by atoms with Gasteiger partial charge in [-0.25, -0.2) is 0 Å². The van der Waals surface area contributed by atoms with E-state index in [1.807, 2.05) is 31.2 Å². The van der Waals surface area contributed by atoms with Gasteiger partial charge in [0.2, 0.25) is 0 Å². The Kier molecular flexibility index (Phi) is 6.26. The van der Waals surface area contributed by atoms with Gasteiger partial charge in [0.1, 0.15) is 6.61 Å². The maximum atomic E-state index is 11.9. The van der Waals surface area contributed by atoms with Crippen LogP contribution >= 0.6 is 11.8 Å². The van der Waals surface area contributed by atoms with Crippen LogP contribution in [0.3, 0.4) is 0 Å². The third kappa shape index (κ3) is 5.52. The Hall–Kier alpha value is -1.33. The van der Waals surface area contributed by atoms with E-state index in [1.54, 1.807) is 0 Å². The molecule has 1 aliphatic rings. The number of rotatable bonds is 9. The van der Waals surface area contributed by atoms with Gasteiger partial charge in [-0.3, -0.25) is 9.59 Å². The first kappa shape index (κ1) is 16.0. The summed E-state index contributed by atoms with van der Waals surface area (Å²) in [7, 11) is 0. The molecule has 114 valence electrons. The van der Waals surface area contributed by atoms with Crippen LogP contribution in [-0.4, -0.2) is 37.3 Å². The largest absolute Gasteiger partial charge is 0.463 e. The maximum absolute atomic E-state index is 11.9. The Morgan fingerprint density at radius 3 is 2.52 bits per heavy atom. The number of thioether (sulfide) groups is 1. The van der Waals surface area contributed by atoms with Crippen molar-refractivity contribution in [2.24, 2.45) is 5.92 Å². The van der Waals surface area contributed by atoms with Crippen molar-refractivity contribution < 1.29 is 19.1 Å². The van der Waals surface area contributed by atoms with Crippen molar-refractivity contribution >= 4 is 23.5 Å². The Labute approximate surface area is 129 Å². The van der Waals surface area contributed by atoms with E-state index in [-0.39, 0.29) is 23.4 Å². The second-order valence-corrected chi connectivity index (χ2v) is 5.92. The lowest BCUT2D eigenvalue weighted by Gasteiger charge is -2.05. The molecule has 0 aromatic heterocycles. The van der Waals surface area contributed by atoms with Crippen LogP contribution in [0.2, 0.25) is 0 Å². The lowest BCUT2D eigenvalue weighted by Crippen LogP contribution is -2.12. The molecule has 4 nitrogen and oxygen atoms in total. The van der Waals surface area contributed by atoms with E-state index in [1.165, 1.54) is 11.8 Å². The van der Waals surface area contributed by atoms with Crippen molar-refractivity contribution in [3.05, 3.63) is 29.8 Å². The van der Waals surface area contributed by atoms with Crippen LogP contribution < -0.4 is 0 Å². The van der Waals surface area contributed by atoms with Gasteiger partial charge in [0.05, 0.1) is 12.4 Å². The van der Waals surface area contributed by atoms with E-state index in [2.05, 4.69) is 0 Å². The van der Waals surface area contributed by atoms with E-state index in [0.717, 1.165) is 23.3 Å². The van der Waals surface area contributed by atoms with E-state index in [4.69, 9.17) is 9.47 Å². The molecule has 0 saturated heterocycles. The summed E-state index contributed by atoms with van der Waals surface area (Å²) in [5, 5.41) is 0. The molecule has 0 amide bonds. The third-order valence-corrected chi connectivity index (χ3v) is 4.12. The average Bonchev–Trinajstić information content (AvgIpc) is 3.34. The van der Waals surface area contributed by atoms with Gasteiger partial charge in [0.15, 0.2) is 5.78 Å². The van der Waals surface area contributed by atoms with Crippen molar-refractivity contribution in [3.63, 3.8) is 0 Å². The number of carbonyl (C=O) groups excluding carboxylic acids is 2. The van der Waals surface area contributed by atoms with Crippen LogP contribution in [0.4, 0.5) is 0 Å². The topological polar surface area (TPSA) is 52.6 Å². The number of ketones is 1. The second-order valence-electron chi connectivity index (χ2n) is 4.87. The molecule has 1 saturated carbocycles. The summed E-state index contributed by atoms with van der Waals surface area (Å²) in [5.41, 5.74) is 0.765. The molecule has 0 heterocycles. The zero-order chi connectivity index (χ0) is 15.1. The lowest BCUT2D eigenvalue weighted by molar-refractivity contribution is -0.141. The van der Waals surface area contributed by atoms with Crippen LogP contribution in [-0.2, 0) is 14.3 Å². The predicted molar refractivity (Wildman–Crippen MR) is 81.7 cm³/mol. The van der Waals surface area contributed by atoms with Gasteiger partial charge in [-0.15, -0.1) is 11.8 Å². The predicted octanol–water partition coefficient (Wildman–Crippen LogP) is 2.95. The molecule has 21 heavy (non-hydrogen) atoms. The van der Waals surface area contributed by atoms with Crippen molar-refractivity contribution in [1.29, 1.82) is 0 Å². The molecule has 0 atom stereocenters. The van der Waals surface area contributed by atoms with Gasteiger partial charge in [0.25, 0.3) is 0 Å². The third-order valence-electron chi connectivity index (χ3n) is 3.14. The Bertz CT molecular complexity index is 480. The summed E-state index contributed by atoms with van der Waals surface area (Å²) in [4.78, 5) is 24.3. The van der Waals surface area contributed by atoms with Crippen molar-refractivity contribution in [2.75, 3.05) is 25.6 Å². The summed E-state index contributed by atoms with van der Waals surface area (Å²) in [5.74, 6) is 0.491. The Morgan fingerprint density at radius 1 is 1.19 bits per heavy atom. The first-order chi connectivity index (χ1) is 10.2. The van der Waals surface area contributed by atoms with Crippen LogP contribution in [0.1, 0.15) is 30.1 Å². The minimum Gasteiger partial charge on any atom is -0.463 e. The number of hydrogen-bond acceptors (Lipinski definition) is 5. The number of ether oxygens (including phenoxy) is 2. The van der Waals surface area contributed by atoms with E-state index >= 15 is 0 Å². The molecular formula is C16H20O4S. The summed E-state index contributed by atoms with van der Waals surface area (Å²) in [6, 6.07) is 7.44. The molecule has 2 rings (SSSR count). The standard InChI is InChI=1S/C16H20O4S/c1-2-19-9-10-20-15(17)11-21-14-7-5-13(6-8-14)16(18)12-3-4-12/h5-8,12H,2-4,9-11H2,1H3. The second kappa shape index (κ2) is 8.20. The fourth-order valence-electron chi connectivity index (χ4n) is 1.84. The van der Waals surface area contributed by atoms with E-state index in [0.29, 0.717) is 19.8 Å². The SMILES string of the molecule is CCOCCOC(=O)CSc1ccc(C(=O)C2CC2)cc1. The summed E-state index contributed by atoms with van der Waals surface area (Å²) in [6.45, 7) is 3.25. The fourth-order valence-corrected chi connectivity index (χ4v) is 2.54. The van der Waals surface area contributed by atoms with Gasteiger partial charge < -0.3 is 9.47 Å². The summed E-state index contributed by atoms with van der Waals surface area (Å²) in [6.07, 6.45) is 2.03. The van der Waals surface area contributed by atoms with Crippen LogP contribution in [0.15, 0.2) is 29.2 Å². The highest BCUT2D eigenvalue weighted by molar-refractivity contribution is 8.00. The molecule has 1 aliphatic carbocycles. The molecule has 0 unspecified atom stereocenters. The minimum absolute atomic E-state index is 0.238. The lowest BCUT2D eigenvalue weighted by atomic mass is 10.1. The molecule has 0 radical (unpaired) electrons. The zero-order valence-electron chi connectivity index (χ0n) is 12.2. The van der Waals surface area contributed by atoms with Gasteiger partial charge in [0, 0.05) is 23.0 Å². The van der Waals surface area contributed by atoms with E-state index in [9.17, 15) is 9.59 Å². The first-order valence-corrected chi connectivity index (χ1v) is 8.19. The van der Waals surface area contributed by atoms with Crippen molar-refractivity contribution in [1.82, 2.24) is 0 Å². The first-order valence-electron chi connectivity index (χ1n) is 7.21. The number of esters is 1. The number of Topliss-reactive ketones (excluding diaryl/α,β-unsaturated/α-hetero) is 1. The molecule has 0 N–H and O–H groups in total. The number of hydrogen-bond donors (Lipinski definition) is 0. The smallest absolute Gasteiger partial charge is 0.316 e. The molecular weight excluding hydrogens is 288 g/mol. The van der Waals surface area contributed by atoms with Crippen LogP contribution in [0.5, 0.6) is 0 Å². The zero-order valence-corrected chi connectivity index (χ0v) is 13.0. The molecule has 0 spiro atoms. The quantitative estimate of drug-likeness (QED) is 0.304. The average molecular weight is 308 g/mol. The van der Waals surface area contributed by atoms with Gasteiger partial charge in [-0.2, -0.15) is 0 Å². The Balaban J connectivity index is 1.70. The van der Waals surface area contributed by atoms with Crippen molar-refractivity contribution in [3.8, 4) is 0 Å². The van der Waals surface area contributed by atoms with Crippen LogP contribution in [0, 0.1) is 5.92 Å². The number of benzene rings is 1. The van der Waals surface area contributed by atoms with Gasteiger partial charge >= 0.3 is 5.97 Å². The van der Waals surface area contributed by atoms with Gasteiger partial charge in [-0.05, 0) is 31.9 Å².